The molecular weight excluding hydrogens is 331 g/mol. The summed E-state index contributed by atoms with van der Waals surface area (Å²) in [5.41, 5.74) is 0.263. The molecule has 5 nitrogen and oxygen atoms in total. The van der Waals surface area contributed by atoms with E-state index in [4.69, 9.17) is 0 Å². The van der Waals surface area contributed by atoms with Crippen LogP contribution in [0.2, 0.25) is 0 Å². The van der Waals surface area contributed by atoms with E-state index in [0.717, 1.165) is 23.1 Å². The van der Waals surface area contributed by atoms with Gasteiger partial charge in [0.15, 0.2) is 0 Å². The first kappa shape index (κ1) is 16.7. The van der Waals surface area contributed by atoms with Crippen LogP contribution >= 0.6 is 11.8 Å². The standard InChI is InChI=1S/C17H17FN2O3S/c1-10-8-12(10)15(21)19-6-7-20-16(22)14(24-17(20)23)9-11-4-2-3-5-13(11)18/h2-5,9-10,12H,6-8H2,1H3,(H,19,21)/b14-9-. The second kappa shape index (κ2) is 6.76. The van der Waals surface area contributed by atoms with Gasteiger partial charge in [-0.1, -0.05) is 25.1 Å². The first-order valence-corrected chi connectivity index (χ1v) is 8.56. The Morgan fingerprint density at radius 1 is 1.42 bits per heavy atom. The average Bonchev–Trinajstić information content (AvgIpc) is 3.22. The van der Waals surface area contributed by atoms with Crippen LogP contribution in [-0.2, 0) is 9.59 Å². The lowest BCUT2D eigenvalue weighted by Crippen LogP contribution is -2.37. The van der Waals surface area contributed by atoms with Gasteiger partial charge in [-0.05, 0) is 36.2 Å². The SMILES string of the molecule is CC1CC1C(=O)NCCN1C(=O)S/C(=C\c2ccccc2F)C1=O. The quantitative estimate of drug-likeness (QED) is 0.831. The van der Waals surface area contributed by atoms with Crippen molar-refractivity contribution in [1.29, 1.82) is 0 Å². The van der Waals surface area contributed by atoms with Crippen molar-refractivity contribution in [2.75, 3.05) is 13.1 Å². The molecule has 1 aromatic rings. The van der Waals surface area contributed by atoms with E-state index in [-0.39, 0.29) is 35.4 Å². The van der Waals surface area contributed by atoms with Crippen molar-refractivity contribution in [1.82, 2.24) is 10.2 Å². The fourth-order valence-corrected chi connectivity index (χ4v) is 3.39. The molecule has 1 aliphatic carbocycles. The molecule has 3 rings (SSSR count). The van der Waals surface area contributed by atoms with Crippen molar-refractivity contribution in [3.8, 4) is 0 Å². The number of hydrogen-bond acceptors (Lipinski definition) is 4. The van der Waals surface area contributed by atoms with E-state index in [1.165, 1.54) is 12.1 Å². The third-order valence-electron chi connectivity index (χ3n) is 4.15. The molecule has 1 aliphatic heterocycles. The maximum atomic E-state index is 13.7. The topological polar surface area (TPSA) is 66.5 Å². The Balaban J connectivity index is 1.60. The molecule has 0 spiro atoms. The van der Waals surface area contributed by atoms with Crippen LogP contribution in [0.4, 0.5) is 9.18 Å². The van der Waals surface area contributed by atoms with Crippen LogP contribution in [0.5, 0.6) is 0 Å². The molecule has 2 fully saturated rings. The largest absolute Gasteiger partial charge is 0.354 e. The highest BCUT2D eigenvalue weighted by Gasteiger charge is 2.39. The van der Waals surface area contributed by atoms with Crippen LogP contribution in [0.25, 0.3) is 6.08 Å². The summed E-state index contributed by atoms with van der Waals surface area (Å²) in [6.45, 7) is 2.35. The van der Waals surface area contributed by atoms with Gasteiger partial charge in [0.2, 0.25) is 5.91 Å². The van der Waals surface area contributed by atoms with Crippen molar-refractivity contribution < 1.29 is 18.8 Å². The van der Waals surface area contributed by atoms with Gasteiger partial charge in [-0.2, -0.15) is 0 Å². The zero-order valence-corrected chi connectivity index (χ0v) is 13.9. The maximum absolute atomic E-state index is 13.7. The summed E-state index contributed by atoms with van der Waals surface area (Å²) in [4.78, 5) is 37.3. The highest BCUT2D eigenvalue weighted by molar-refractivity contribution is 8.18. The number of amides is 3. The Labute approximate surface area is 143 Å². The van der Waals surface area contributed by atoms with E-state index >= 15 is 0 Å². The molecule has 1 saturated carbocycles. The van der Waals surface area contributed by atoms with Gasteiger partial charge in [0, 0.05) is 24.6 Å². The van der Waals surface area contributed by atoms with Crippen LogP contribution in [0, 0.1) is 17.7 Å². The monoisotopic (exact) mass is 348 g/mol. The van der Waals surface area contributed by atoms with Gasteiger partial charge < -0.3 is 5.32 Å². The number of thioether (sulfide) groups is 1. The summed E-state index contributed by atoms with van der Waals surface area (Å²) >= 11 is 0.782. The van der Waals surface area contributed by atoms with Crippen LogP contribution in [-0.4, -0.2) is 35.0 Å². The second-order valence-electron chi connectivity index (χ2n) is 5.97. The number of nitrogens with zero attached hydrogens (tertiary/aromatic N) is 1. The predicted molar refractivity (Wildman–Crippen MR) is 89.4 cm³/mol. The minimum Gasteiger partial charge on any atom is -0.354 e. The molecule has 0 aromatic heterocycles. The summed E-state index contributed by atoms with van der Waals surface area (Å²) in [5, 5.41) is 2.34. The van der Waals surface area contributed by atoms with Gasteiger partial charge in [0.1, 0.15) is 5.82 Å². The number of carbonyl (C=O) groups is 3. The van der Waals surface area contributed by atoms with Crippen LogP contribution < -0.4 is 5.32 Å². The lowest BCUT2D eigenvalue weighted by Gasteiger charge is -2.12. The van der Waals surface area contributed by atoms with E-state index in [1.54, 1.807) is 18.2 Å². The molecule has 3 amide bonds. The van der Waals surface area contributed by atoms with Gasteiger partial charge in [0.25, 0.3) is 11.1 Å². The number of benzene rings is 1. The van der Waals surface area contributed by atoms with Gasteiger partial charge >= 0.3 is 0 Å². The minimum atomic E-state index is -0.456. The van der Waals surface area contributed by atoms with Crippen molar-refractivity contribution in [2.24, 2.45) is 11.8 Å². The lowest BCUT2D eigenvalue weighted by molar-refractivity contribution is -0.125. The first-order valence-electron chi connectivity index (χ1n) is 7.75. The van der Waals surface area contributed by atoms with E-state index in [1.807, 2.05) is 6.92 Å². The Morgan fingerprint density at radius 2 is 2.12 bits per heavy atom. The molecule has 126 valence electrons. The van der Waals surface area contributed by atoms with E-state index in [2.05, 4.69) is 5.32 Å². The number of nitrogens with one attached hydrogen (secondary N) is 1. The van der Waals surface area contributed by atoms with Gasteiger partial charge in [-0.3, -0.25) is 19.3 Å². The van der Waals surface area contributed by atoms with Crippen LogP contribution in [0.3, 0.4) is 0 Å². The Bertz CT molecular complexity index is 734. The molecule has 1 saturated heterocycles. The Morgan fingerprint density at radius 3 is 2.79 bits per heavy atom. The first-order chi connectivity index (χ1) is 11.5. The third-order valence-corrected chi connectivity index (χ3v) is 5.05. The zero-order valence-electron chi connectivity index (χ0n) is 13.1. The molecule has 1 heterocycles. The minimum absolute atomic E-state index is 0.0311. The Hall–Kier alpha value is -2.15. The van der Waals surface area contributed by atoms with Crippen molar-refractivity contribution in [3.63, 3.8) is 0 Å². The maximum Gasteiger partial charge on any atom is 0.293 e. The number of halogens is 1. The molecule has 2 atom stereocenters. The molecule has 2 unspecified atom stereocenters. The van der Waals surface area contributed by atoms with Gasteiger partial charge in [-0.25, -0.2) is 4.39 Å². The third kappa shape index (κ3) is 3.51. The fourth-order valence-electron chi connectivity index (χ4n) is 2.54. The average molecular weight is 348 g/mol. The second-order valence-corrected chi connectivity index (χ2v) is 6.96. The Kier molecular flexibility index (Phi) is 4.71. The van der Waals surface area contributed by atoms with Crippen molar-refractivity contribution in [2.45, 2.75) is 13.3 Å². The number of carbonyl (C=O) groups excluding carboxylic acids is 3. The normalized spacial score (nSPS) is 24.6. The lowest BCUT2D eigenvalue weighted by atomic mass is 10.2. The molecule has 1 N–H and O–H groups in total. The molecule has 1 aromatic carbocycles. The molecule has 7 heteroatoms. The van der Waals surface area contributed by atoms with E-state index in [0.29, 0.717) is 5.92 Å². The summed E-state index contributed by atoms with van der Waals surface area (Å²) < 4.78 is 13.7. The summed E-state index contributed by atoms with van der Waals surface area (Å²) in [6.07, 6.45) is 2.27. The molecule has 0 radical (unpaired) electrons. The van der Waals surface area contributed by atoms with Crippen molar-refractivity contribution in [3.05, 3.63) is 40.6 Å². The summed E-state index contributed by atoms with van der Waals surface area (Å²) in [6, 6.07) is 6.06. The van der Waals surface area contributed by atoms with Crippen molar-refractivity contribution >= 4 is 34.9 Å². The highest BCUT2D eigenvalue weighted by Crippen LogP contribution is 2.37. The number of hydrogen-bond donors (Lipinski definition) is 1. The molecular formula is C17H17FN2O3S. The molecule has 0 bridgehead atoms. The molecule has 24 heavy (non-hydrogen) atoms. The zero-order chi connectivity index (χ0) is 17.3. The molecule has 2 aliphatic rings. The number of rotatable bonds is 5. The number of imide groups is 1. The summed E-state index contributed by atoms with van der Waals surface area (Å²) in [7, 11) is 0. The van der Waals surface area contributed by atoms with Crippen LogP contribution in [0.1, 0.15) is 18.9 Å². The van der Waals surface area contributed by atoms with E-state index in [9.17, 15) is 18.8 Å². The van der Waals surface area contributed by atoms with E-state index < -0.39 is 17.0 Å². The highest BCUT2D eigenvalue weighted by atomic mass is 32.2. The smallest absolute Gasteiger partial charge is 0.293 e. The predicted octanol–water partition coefficient (Wildman–Crippen LogP) is 2.63. The fraction of sp³-hybridized carbons (Fsp3) is 0.353. The van der Waals surface area contributed by atoms with Crippen LogP contribution in [0.15, 0.2) is 29.2 Å². The van der Waals surface area contributed by atoms with Gasteiger partial charge in [0.05, 0.1) is 4.91 Å². The summed E-state index contributed by atoms with van der Waals surface area (Å²) in [5.74, 6) is -0.472. The van der Waals surface area contributed by atoms with Gasteiger partial charge in [-0.15, -0.1) is 0 Å².